The van der Waals surface area contributed by atoms with E-state index < -0.39 is 0 Å². The number of carbonyl (C=O) groups excluding carboxylic acids is 1. The van der Waals surface area contributed by atoms with Gasteiger partial charge < -0.3 is 10.6 Å². The molecule has 1 fully saturated rings. The van der Waals surface area contributed by atoms with Crippen LogP contribution in [-0.2, 0) is 0 Å². The monoisotopic (exact) mass is 270 g/mol. The molecule has 3 nitrogen and oxygen atoms in total. The minimum absolute atomic E-state index is 0.0889. The molecule has 106 valence electrons. The van der Waals surface area contributed by atoms with Gasteiger partial charge in [-0.1, -0.05) is 30.9 Å². The molecule has 1 heterocycles. The third kappa shape index (κ3) is 3.20. The molecule has 1 aromatic rings. The zero-order valence-electron chi connectivity index (χ0n) is 12.2. The fourth-order valence-corrected chi connectivity index (χ4v) is 2.65. The van der Waals surface area contributed by atoms with Crippen LogP contribution in [0.15, 0.2) is 24.3 Å². The summed E-state index contributed by atoms with van der Waals surface area (Å²) in [5.74, 6) is 6.48. The number of nitrogens with zero attached hydrogens (tertiary/aromatic N) is 1. The molecule has 1 aliphatic heterocycles. The number of likely N-dealkylation sites (tertiary alicyclic amines) is 1. The van der Waals surface area contributed by atoms with Crippen molar-refractivity contribution in [3.05, 3.63) is 35.4 Å². The van der Waals surface area contributed by atoms with E-state index in [1.165, 1.54) is 6.42 Å². The van der Waals surface area contributed by atoms with Crippen molar-refractivity contribution in [1.29, 1.82) is 0 Å². The quantitative estimate of drug-likeness (QED) is 0.796. The average Bonchev–Trinajstić information content (AvgIpc) is 2.47. The lowest BCUT2D eigenvalue weighted by Crippen LogP contribution is -2.45. The zero-order chi connectivity index (χ0) is 14.5. The van der Waals surface area contributed by atoms with Crippen molar-refractivity contribution >= 4 is 5.91 Å². The smallest absolute Gasteiger partial charge is 0.255 e. The molecule has 0 spiro atoms. The molecule has 2 unspecified atom stereocenters. The van der Waals surface area contributed by atoms with Crippen LogP contribution >= 0.6 is 0 Å². The lowest BCUT2D eigenvalue weighted by molar-refractivity contribution is 0.0574. The van der Waals surface area contributed by atoms with Gasteiger partial charge >= 0.3 is 0 Å². The molecule has 1 saturated heterocycles. The standard InChI is InChI=1S/C17H22N2O/c1-13-9-10-14(2)19(12-13)17(20)16-8-4-3-6-15(16)7-5-11-18/h3-4,6,8,13-14H,9-12,18H2,1-2H3. The van der Waals surface area contributed by atoms with Gasteiger partial charge in [0.15, 0.2) is 0 Å². The fourth-order valence-electron chi connectivity index (χ4n) is 2.65. The highest BCUT2D eigenvalue weighted by Crippen LogP contribution is 2.24. The van der Waals surface area contributed by atoms with Gasteiger partial charge in [0.05, 0.1) is 12.1 Å². The number of amides is 1. The first-order chi connectivity index (χ1) is 9.63. The van der Waals surface area contributed by atoms with Crippen LogP contribution in [-0.4, -0.2) is 29.9 Å². The second-order valence-electron chi connectivity index (χ2n) is 5.54. The minimum Gasteiger partial charge on any atom is -0.336 e. The molecule has 0 radical (unpaired) electrons. The van der Waals surface area contributed by atoms with E-state index in [0.29, 0.717) is 24.1 Å². The maximum atomic E-state index is 12.8. The van der Waals surface area contributed by atoms with Crippen LogP contribution in [0.2, 0.25) is 0 Å². The van der Waals surface area contributed by atoms with E-state index in [4.69, 9.17) is 5.73 Å². The van der Waals surface area contributed by atoms with Gasteiger partial charge in [-0.25, -0.2) is 0 Å². The van der Waals surface area contributed by atoms with Crippen LogP contribution in [0.4, 0.5) is 0 Å². The lowest BCUT2D eigenvalue weighted by atomic mass is 9.94. The number of rotatable bonds is 1. The highest BCUT2D eigenvalue weighted by Gasteiger charge is 2.28. The summed E-state index contributed by atoms with van der Waals surface area (Å²) in [5, 5.41) is 0. The molecule has 0 bridgehead atoms. The fraction of sp³-hybridized carbons (Fsp3) is 0.471. The van der Waals surface area contributed by atoms with Gasteiger partial charge in [-0.15, -0.1) is 0 Å². The molecule has 0 saturated carbocycles. The van der Waals surface area contributed by atoms with Gasteiger partial charge in [0.2, 0.25) is 0 Å². The number of carbonyl (C=O) groups is 1. The number of hydrogen-bond acceptors (Lipinski definition) is 2. The van der Waals surface area contributed by atoms with Gasteiger partial charge in [0.25, 0.3) is 5.91 Å². The number of nitrogens with two attached hydrogens (primary N) is 1. The first-order valence-electron chi connectivity index (χ1n) is 7.22. The summed E-state index contributed by atoms with van der Waals surface area (Å²) < 4.78 is 0. The maximum absolute atomic E-state index is 12.8. The predicted molar refractivity (Wildman–Crippen MR) is 81.3 cm³/mol. The molecule has 1 amide bonds. The van der Waals surface area contributed by atoms with Crippen LogP contribution in [0.25, 0.3) is 0 Å². The number of hydrogen-bond donors (Lipinski definition) is 1. The van der Waals surface area contributed by atoms with Crippen molar-refractivity contribution in [2.24, 2.45) is 11.7 Å². The molecular formula is C17H22N2O. The molecule has 0 aliphatic carbocycles. The SMILES string of the molecule is CC1CCC(C)N(C(=O)c2ccccc2C#CCN)C1. The number of benzene rings is 1. The van der Waals surface area contributed by atoms with E-state index in [1.54, 1.807) is 0 Å². The molecule has 3 heteroatoms. The van der Waals surface area contributed by atoms with Crippen LogP contribution in [0.5, 0.6) is 0 Å². The van der Waals surface area contributed by atoms with Crippen molar-refractivity contribution in [3.8, 4) is 11.8 Å². The Bertz CT molecular complexity index is 541. The Morgan fingerprint density at radius 3 is 2.85 bits per heavy atom. The molecule has 1 aromatic carbocycles. The summed E-state index contributed by atoms with van der Waals surface area (Å²) in [6.45, 7) is 5.46. The van der Waals surface area contributed by atoms with Gasteiger partial charge in [0, 0.05) is 18.2 Å². The summed E-state index contributed by atoms with van der Waals surface area (Å²) in [7, 11) is 0. The van der Waals surface area contributed by atoms with Gasteiger partial charge in [-0.3, -0.25) is 4.79 Å². The highest BCUT2D eigenvalue weighted by atomic mass is 16.2. The van der Waals surface area contributed by atoms with Gasteiger partial charge in [-0.2, -0.15) is 0 Å². The van der Waals surface area contributed by atoms with Crippen LogP contribution in [0.1, 0.15) is 42.6 Å². The normalized spacial score (nSPS) is 22.1. The third-order valence-electron chi connectivity index (χ3n) is 3.86. The zero-order valence-corrected chi connectivity index (χ0v) is 12.2. The molecule has 20 heavy (non-hydrogen) atoms. The Morgan fingerprint density at radius 1 is 1.35 bits per heavy atom. The largest absolute Gasteiger partial charge is 0.336 e. The van der Waals surface area contributed by atoms with Crippen LogP contribution in [0.3, 0.4) is 0 Å². The van der Waals surface area contributed by atoms with E-state index in [1.807, 2.05) is 29.2 Å². The summed E-state index contributed by atoms with van der Waals surface area (Å²) in [5.41, 5.74) is 6.88. The van der Waals surface area contributed by atoms with Crippen molar-refractivity contribution in [2.75, 3.05) is 13.1 Å². The van der Waals surface area contributed by atoms with Gasteiger partial charge in [0.1, 0.15) is 0 Å². The maximum Gasteiger partial charge on any atom is 0.255 e. The molecule has 2 atom stereocenters. The Balaban J connectivity index is 2.28. The lowest BCUT2D eigenvalue weighted by Gasteiger charge is -2.37. The second-order valence-corrected chi connectivity index (χ2v) is 5.54. The summed E-state index contributed by atoms with van der Waals surface area (Å²) >= 11 is 0. The highest BCUT2D eigenvalue weighted by molar-refractivity contribution is 5.97. The first-order valence-corrected chi connectivity index (χ1v) is 7.22. The Hall–Kier alpha value is -1.79. The topological polar surface area (TPSA) is 46.3 Å². The summed E-state index contributed by atoms with van der Waals surface area (Å²) in [6.07, 6.45) is 2.27. The first kappa shape index (κ1) is 14.6. The average molecular weight is 270 g/mol. The van der Waals surface area contributed by atoms with E-state index in [-0.39, 0.29) is 5.91 Å². The van der Waals surface area contributed by atoms with E-state index >= 15 is 0 Å². The van der Waals surface area contributed by atoms with Crippen molar-refractivity contribution in [3.63, 3.8) is 0 Å². The molecule has 1 aliphatic rings. The Labute approximate surface area is 121 Å². The van der Waals surface area contributed by atoms with E-state index in [9.17, 15) is 4.79 Å². The summed E-state index contributed by atoms with van der Waals surface area (Å²) in [4.78, 5) is 14.7. The van der Waals surface area contributed by atoms with Crippen molar-refractivity contribution in [1.82, 2.24) is 4.90 Å². The molecule has 0 aromatic heterocycles. The molecule has 2 N–H and O–H groups in total. The summed E-state index contributed by atoms with van der Waals surface area (Å²) in [6, 6.07) is 7.83. The van der Waals surface area contributed by atoms with Crippen molar-refractivity contribution < 1.29 is 4.79 Å². The third-order valence-corrected chi connectivity index (χ3v) is 3.86. The van der Waals surface area contributed by atoms with Crippen molar-refractivity contribution in [2.45, 2.75) is 32.7 Å². The predicted octanol–water partition coefficient (Wildman–Crippen LogP) is 2.26. The van der Waals surface area contributed by atoms with E-state index in [0.717, 1.165) is 18.5 Å². The van der Waals surface area contributed by atoms with E-state index in [2.05, 4.69) is 25.7 Å². The molecule has 2 rings (SSSR count). The minimum atomic E-state index is 0.0889. The number of piperidine rings is 1. The van der Waals surface area contributed by atoms with Crippen LogP contribution in [0, 0.1) is 17.8 Å². The van der Waals surface area contributed by atoms with Crippen LogP contribution < -0.4 is 5.73 Å². The Kier molecular flexibility index (Phi) is 4.81. The Morgan fingerprint density at radius 2 is 2.10 bits per heavy atom. The van der Waals surface area contributed by atoms with Gasteiger partial charge in [-0.05, 0) is 37.8 Å². The molecular weight excluding hydrogens is 248 g/mol. The second kappa shape index (κ2) is 6.58.